The molecule has 6 nitrogen and oxygen atoms in total. The van der Waals surface area contributed by atoms with E-state index in [1.54, 1.807) is 11.3 Å². The molecule has 7 heteroatoms. The summed E-state index contributed by atoms with van der Waals surface area (Å²) in [6.45, 7) is 0.286. The summed E-state index contributed by atoms with van der Waals surface area (Å²) < 4.78 is 1.17. The Morgan fingerprint density at radius 3 is 2.50 bits per heavy atom. The molecule has 32 heavy (non-hydrogen) atoms. The first kappa shape index (κ1) is 21.3. The van der Waals surface area contributed by atoms with Crippen LogP contribution < -0.4 is 16.0 Å². The summed E-state index contributed by atoms with van der Waals surface area (Å²) in [7, 11) is 0. The molecule has 4 bridgehead atoms. The normalized spacial score (nSPS) is 28.8. The number of benzene rings is 1. The van der Waals surface area contributed by atoms with E-state index in [2.05, 4.69) is 33.5 Å². The van der Waals surface area contributed by atoms with Crippen LogP contribution in [0.3, 0.4) is 0 Å². The van der Waals surface area contributed by atoms with Crippen molar-refractivity contribution in [3.63, 3.8) is 0 Å². The van der Waals surface area contributed by atoms with Crippen molar-refractivity contribution < 1.29 is 9.59 Å². The Morgan fingerprint density at radius 2 is 1.81 bits per heavy atom. The quantitative estimate of drug-likeness (QED) is 0.554. The van der Waals surface area contributed by atoms with Crippen molar-refractivity contribution >= 4 is 33.4 Å². The molecule has 168 valence electrons. The Balaban J connectivity index is 1.29. The fraction of sp³-hybridized carbons (Fsp3) is 0.560. The summed E-state index contributed by atoms with van der Waals surface area (Å²) in [6.07, 6.45) is 7.84. The van der Waals surface area contributed by atoms with E-state index in [0.29, 0.717) is 6.42 Å². The van der Waals surface area contributed by atoms with Gasteiger partial charge < -0.3 is 16.0 Å². The number of nitriles is 1. The minimum absolute atomic E-state index is 0.101. The summed E-state index contributed by atoms with van der Waals surface area (Å²) in [4.78, 5) is 26.0. The Bertz CT molecular complexity index is 1020. The number of carbonyl (C=O) groups is 2. The molecule has 4 aliphatic rings. The fourth-order valence-electron chi connectivity index (χ4n) is 6.68. The number of nitrogens with zero attached hydrogens (tertiary/aromatic N) is 1. The third kappa shape index (κ3) is 4.33. The van der Waals surface area contributed by atoms with Crippen LogP contribution in [-0.2, 0) is 11.2 Å². The molecule has 6 rings (SSSR count). The van der Waals surface area contributed by atoms with E-state index in [9.17, 15) is 9.59 Å². The zero-order valence-corrected chi connectivity index (χ0v) is 19.0. The molecule has 0 radical (unpaired) electrons. The molecular weight excluding hydrogens is 420 g/mol. The van der Waals surface area contributed by atoms with Crippen molar-refractivity contribution in [1.29, 1.82) is 5.26 Å². The fourth-order valence-corrected chi connectivity index (χ4v) is 7.66. The molecule has 4 saturated carbocycles. The Hall–Kier alpha value is -2.59. The molecule has 1 atom stereocenters. The lowest BCUT2D eigenvalue weighted by Gasteiger charge is -2.56. The average Bonchev–Trinajstić information content (AvgIpc) is 3.15. The van der Waals surface area contributed by atoms with Crippen molar-refractivity contribution in [2.45, 2.75) is 62.9 Å². The summed E-state index contributed by atoms with van der Waals surface area (Å²) in [6, 6.07) is 9.25. The average molecular weight is 451 g/mol. The maximum Gasteiger partial charge on any atom is 0.315 e. The Kier molecular flexibility index (Phi) is 5.81. The molecule has 4 fully saturated rings. The van der Waals surface area contributed by atoms with Gasteiger partial charge in [-0.2, -0.15) is 5.26 Å². The predicted molar refractivity (Wildman–Crippen MR) is 125 cm³/mol. The van der Waals surface area contributed by atoms with E-state index >= 15 is 0 Å². The van der Waals surface area contributed by atoms with Crippen molar-refractivity contribution in [2.24, 2.45) is 17.8 Å². The Labute approximate surface area is 192 Å². The number of rotatable bonds is 7. The number of hydrogen-bond acceptors (Lipinski definition) is 4. The number of thiophene rings is 1. The smallest absolute Gasteiger partial charge is 0.315 e. The van der Waals surface area contributed by atoms with Crippen LogP contribution in [0.2, 0.25) is 0 Å². The van der Waals surface area contributed by atoms with Gasteiger partial charge in [0.25, 0.3) is 0 Å². The van der Waals surface area contributed by atoms with Crippen LogP contribution in [0, 0.1) is 29.1 Å². The van der Waals surface area contributed by atoms with Crippen LogP contribution in [0.5, 0.6) is 0 Å². The van der Waals surface area contributed by atoms with Gasteiger partial charge in [-0.15, -0.1) is 11.3 Å². The molecule has 1 aromatic heterocycles. The summed E-state index contributed by atoms with van der Waals surface area (Å²) in [5.74, 6) is 1.98. The van der Waals surface area contributed by atoms with Crippen LogP contribution in [0.25, 0.3) is 10.1 Å². The highest BCUT2D eigenvalue weighted by molar-refractivity contribution is 7.17. The predicted octanol–water partition coefficient (Wildman–Crippen LogP) is 4.11. The first-order valence-corrected chi connectivity index (χ1v) is 12.6. The first-order chi connectivity index (χ1) is 15.5. The minimum Gasteiger partial charge on any atom is -0.353 e. The molecule has 1 unspecified atom stereocenters. The van der Waals surface area contributed by atoms with Gasteiger partial charge in [-0.25, -0.2) is 4.79 Å². The third-order valence-corrected chi connectivity index (χ3v) is 8.57. The molecule has 2 aromatic rings. The second-order valence-corrected chi connectivity index (χ2v) is 10.9. The van der Waals surface area contributed by atoms with E-state index < -0.39 is 6.04 Å². The van der Waals surface area contributed by atoms with Crippen LogP contribution in [0.15, 0.2) is 29.6 Å². The highest BCUT2D eigenvalue weighted by Gasteiger charge is 2.51. The number of nitrogens with one attached hydrogen (secondary N) is 3. The van der Waals surface area contributed by atoms with Crippen molar-refractivity contribution in [2.75, 3.05) is 6.54 Å². The largest absolute Gasteiger partial charge is 0.353 e. The van der Waals surface area contributed by atoms with Crippen LogP contribution in [0.4, 0.5) is 4.79 Å². The van der Waals surface area contributed by atoms with E-state index in [4.69, 9.17) is 5.26 Å². The van der Waals surface area contributed by atoms with Gasteiger partial charge in [-0.05, 0) is 78.7 Å². The lowest BCUT2D eigenvalue weighted by Crippen LogP contribution is -2.63. The van der Waals surface area contributed by atoms with E-state index in [-0.39, 0.29) is 30.4 Å². The second kappa shape index (κ2) is 8.74. The Morgan fingerprint density at radius 1 is 1.12 bits per heavy atom. The van der Waals surface area contributed by atoms with Gasteiger partial charge in [0.05, 0.1) is 12.5 Å². The molecule has 0 saturated heterocycles. The molecule has 4 aliphatic carbocycles. The molecule has 0 spiro atoms. The highest BCUT2D eigenvalue weighted by Crippen LogP contribution is 2.55. The number of urea groups is 1. The number of fused-ring (bicyclic) bond motifs is 1. The van der Waals surface area contributed by atoms with Gasteiger partial charge in [0.15, 0.2) is 0 Å². The SMILES string of the molecule is N#CCCNC(=O)C(Cc1csc2ccccc12)NC(=O)NC12CC3CC(CC(C3)C1)C2. The van der Waals surface area contributed by atoms with Crippen LogP contribution >= 0.6 is 11.3 Å². The van der Waals surface area contributed by atoms with E-state index in [1.165, 1.54) is 24.0 Å². The third-order valence-electron chi connectivity index (χ3n) is 7.56. The number of carbonyl (C=O) groups excluding carboxylic acids is 2. The number of amides is 3. The molecular formula is C25H30N4O2S. The van der Waals surface area contributed by atoms with Crippen molar-refractivity contribution in [3.05, 3.63) is 35.2 Å². The van der Waals surface area contributed by atoms with Gasteiger partial charge in [0, 0.05) is 23.2 Å². The van der Waals surface area contributed by atoms with Gasteiger partial charge in [-0.3, -0.25) is 4.79 Å². The van der Waals surface area contributed by atoms with E-state index in [1.807, 2.05) is 18.2 Å². The van der Waals surface area contributed by atoms with Gasteiger partial charge >= 0.3 is 6.03 Å². The molecule has 1 heterocycles. The summed E-state index contributed by atoms with van der Waals surface area (Å²) >= 11 is 1.65. The van der Waals surface area contributed by atoms with E-state index in [0.717, 1.165) is 48.0 Å². The second-order valence-electron chi connectivity index (χ2n) is 10.0. The van der Waals surface area contributed by atoms with Gasteiger partial charge in [-0.1, -0.05) is 18.2 Å². The monoisotopic (exact) mass is 450 g/mol. The lowest BCUT2D eigenvalue weighted by molar-refractivity contribution is -0.122. The lowest BCUT2D eigenvalue weighted by atomic mass is 9.53. The van der Waals surface area contributed by atoms with Crippen LogP contribution in [-0.4, -0.2) is 30.1 Å². The minimum atomic E-state index is -0.680. The summed E-state index contributed by atoms with van der Waals surface area (Å²) in [5, 5.41) is 21.1. The van der Waals surface area contributed by atoms with Crippen molar-refractivity contribution in [1.82, 2.24) is 16.0 Å². The number of hydrogen-bond donors (Lipinski definition) is 3. The van der Waals surface area contributed by atoms with Gasteiger partial charge in [0.2, 0.25) is 5.91 Å². The zero-order valence-electron chi connectivity index (χ0n) is 18.2. The maximum atomic E-state index is 13.1. The highest BCUT2D eigenvalue weighted by atomic mass is 32.1. The topological polar surface area (TPSA) is 94.0 Å². The maximum absolute atomic E-state index is 13.1. The van der Waals surface area contributed by atoms with Crippen LogP contribution in [0.1, 0.15) is 50.5 Å². The zero-order chi connectivity index (χ0) is 22.1. The molecule has 1 aromatic carbocycles. The first-order valence-electron chi connectivity index (χ1n) is 11.7. The standard InChI is InChI=1S/C25H30N4O2S/c26-6-3-7-27-23(30)21(11-19-15-32-22-5-2-1-4-20(19)22)28-24(31)29-25-12-16-8-17(13-25)10-18(9-16)14-25/h1-2,4-5,15-18,21H,3,7-14H2,(H,27,30)(H2,28,29,31). The molecule has 0 aliphatic heterocycles. The molecule has 3 N–H and O–H groups in total. The van der Waals surface area contributed by atoms with Gasteiger partial charge in [0.1, 0.15) is 6.04 Å². The summed E-state index contributed by atoms with van der Waals surface area (Å²) in [5.41, 5.74) is 0.955. The molecule has 3 amide bonds. The van der Waals surface area contributed by atoms with Crippen molar-refractivity contribution in [3.8, 4) is 6.07 Å².